The van der Waals surface area contributed by atoms with Crippen molar-refractivity contribution in [2.24, 2.45) is 0 Å². The predicted octanol–water partition coefficient (Wildman–Crippen LogP) is 3.15. The highest BCUT2D eigenvalue weighted by atomic mass is 16.3. The van der Waals surface area contributed by atoms with Gasteiger partial charge in [0.1, 0.15) is 5.75 Å². The molecule has 4 rings (SSSR count). The van der Waals surface area contributed by atoms with E-state index >= 15 is 0 Å². The second-order valence-electron chi connectivity index (χ2n) is 7.89. The minimum absolute atomic E-state index is 0.0330. The van der Waals surface area contributed by atoms with Crippen LogP contribution in [0.3, 0.4) is 0 Å². The van der Waals surface area contributed by atoms with Crippen LogP contribution in [0.5, 0.6) is 5.75 Å². The molecule has 2 aromatic carbocycles. The van der Waals surface area contributed by atoms with E-state index < -0.39 is 0 Å². The van der Waals surface area contributed by atoms with Crippen LogP contribution >= 0.6 is 0 Å². The van der Waals surface area contributed by atoms with E-state index in [1.54, 1.807) is 12.1 Å². The van der Waals surface area contributed by atoms with Crippen molar-refractivity contribution in [2.45, 2.75) is 51.6 Å². The van der Waals surface area contributed by atoms with Crippen LogP contribution in [0.15, 0.2) is 41.2 Å². The molecule has 152 valence electrons. The summed E-state index contributed by atoms with van der Waals surface area (Å²) in [5.74, 6) is 0.0330. The summed E-state index contributed by atoms with van der Waals surface area (Å²) in [6, 6.07) is 11.2. The van der Waals surface area contributed by atoms with E-state index in [2.05, 4.69) is 36.3 Å². The van der Waals surface area contributed by atoms with Crippen molar-refractivity contribution in [1.82, 2.24) is 10.3 Å². The number of aromatic hydroxyl groups is 1. The fourth-order valence-corrected chi connectivity index (χ4v) is 4.64. The van der Waals surface area contributed by atoms with Gasteiger partial charge in [-0.15, -0.1) is 0 Å². The number of aryl methyl sites for hydroxylation is 2. The third kappa shape index (κ3) is 3.68. The third-order valence-electron chi connectivity index (χ3n) is 6.12. The standard InChI is InChI=1S/C24H28N2O3/c1-3-14-9-16-11-18(12-17(16)10-15(14)4-2)25-21(13-27)19-5-7-22(28)24-20(19)6-8-23(29)26-24/h5-10,18,21,25,27-28H,3-4,11-13H2,1-2H3,(H,26,29). The summed E-state index contributed by atoms with van der Waals surface area (Å²) in [4.78, 5) is 14.4. The Bertz CT molecular complexity index is 1070. The molecule has 0 saturated heterocycles. The molecule has 1 unspecified atom stereocenters. The number of hydrogen-bond acceptors (Lipinski definition) is 4. The van der Waals surface area contributed by atoms with E-state index in [1.807, 2.05) is 6.07 Å². The van der Waals surface area contributed by atoms with E-state index in [9.17, 15) is 15.0 Å². The zero-order chi connectivity index (χ0) is 20.5. The normalized spacial score (nSPS) is 15.0. The number of pyridine rings is 1. The van der Waals surface area contributed by atoms with Crippen LogP contribution in [0.1, 0.15) is 47.7 Å². The maximum atomic E-state index is 11.7. The number of nitrogens with one attached hydrogen (secondary N) is 2. The molecule has 0 spiro atoms. The van der Waals surface area contributed by atoms with Crippen molar-refractivity contribution < 1.29 is 10.2 Å². The zero-order valence-electron chi connectivity index (χ0n) is 17.0. The van der Waals surface area contributed by atoms with E-state index in [1.165, 1.54) is 28.3 Å². The molecule has 0 amide bonds. The molecule has 1 heterocycles. The maximum Gasteiger partial charge on any atom is 0.248 e. The molecular weight excluding hydrogens is 364 g/mol. The lowest BCUT2D eigenvalue weighted by Gasteiger charge is -2.23. The molecule has 1 aromatic heterocycles. The summed E-state index contributed by atoms with van der Waals surface area (Å²) in [5, 5.41) is 24.6. The summed E-state index contributed by atoms with van der Waals surface area (Å²) < 4.78 is 0. The molecule has 0 bridgehead atoms. The second-order valence-corrected chi connectivity index (χ2v) is 7.89. The summed E-state index contributed by atoms with van der Waals surface area (Å²) in [6.07, 6.45) is 3.97. The number of rotatable bonds is 6. The number of phenols is 1. The quantitative estimate of drug-likeness (QED) is 0.519. The Morgan fingerprint density at radius 1 is 1.07 bits per heavy atom. The molecule has 3 aromatic rings. The minimum atomic E-state index is -0.278. The fourth-order valence-electron chi connectivity index (χ4n) is 4.64. The van der Waals surface area contributed by atoms with Crippen molar-refractivity contribution in [3.8, 4) is 5.75 Å². The number of aliphatic hydroxyl groups is 1. The minimum Gasteiger partial charge on any atom is -0.506 e. The molecule has 0 aliphatic heterocycles. The molecule has 1 aliphatic rings. The number of aromatic nitrogens is 1. The summed E-state index contributed by atoms with van der Waals surface area (Å²) in [5.41, 5.74) is 6.67. The van der Waals surface area contributed by atoms with Crippen molar-refractivity contribution >= 4 is 10.9 Å². The van der Waals surface area contributed by atoms with Gasteiger partial charge in [-0.05, 0) is 65.6 Å². The van der Waals surface area contributed by atoms with E-state index in [4.69, 9.17) is 0 Å². The molecule has 1 atom stereocenters. The molecule has 4 N–H and O–H groups in total. The largest absolute Gasteiger partial charge is 0.506 e. The van der Waals surface area contributed by atoms with Crippen LogP contribution < -0.4 is 10.9 Å². The van der Waals surface area contributed by atoms with Crippen LogP contribution in [-0.2, 0) is 25.7 Å². The molecule has 5 heteroatoms. The van der Waals surface area contributed by atoms with Gasteiger partial charge in [-0.2, -0.15) is 0 Å². The molecule has 0 radical (unpaired) electrons. The van der Waals surface area contributed by atoms with Gasteiger partial charge in [0, 0.05) is 17.5 Å². The van der Waals surface area contributed by atoms with Gasteiger partial charge in [0.2, 0.25) is 5.56 Å². The van der Waals surface area contributed by atoms with Gasteiger partial charge in [-0.3, -0.25) is 4.79 Å². The highest BCUT2D eigenvalue weighted by molar-refractivity contribution is 5.87. The highest BCUT2D eigenvalue weighted by Gasteiger charge is 2.26. The number of phenolic OH excluding ortho intramolecular Hbond substituents is 1. The van der Waals surface area contributed by atoms with Gasteiger partial charge in [0.25, 0.3) is 0 Å². The first-order chi connectivity index (χ1) is 14.0. The third-order valence-corrected chi connectivity index (χ3v) is 6.12. The highest BCUT2D eigenvalue weighted by Crippen LogP contribution is 2.31. The van der Waals surface area contributed by atoms with Gasteiger partial charge in [0.15, 0.2) is 0 Å². The number of fused-ring (bicyclic) bond motifs is 2. The smallest absolute Gasteiger partial charge is 0.248 e. The Labute approximate surface area is 170 Å². The SMILES string of the molecule is CCc1cc2c(cc1CC)CC(NC(CO)c1ccc(O)c3[nH]c(=O)ccc13)C2. The van der Waals surface area contributed by atoms with Gasteiger partial charge < -0.3 is 20.5 Å². The Morgan fingerprint density at radius 3 is 2.31 bits per heavy atom. The number of aromatic amines is 1. The van der Waals surface area contributed by atoms with Crippen LogP contribution in [-0.4, -0.2) is 27.8 Å². The lowest BCUT2D eigenvalue weighted by Crippen LogP contribution is -2.35. The average Bonchev–Trinajstić information content (AvgIpc) is 3.13. The number of hydrogen-bond donors (Lipinski definition) is 4. The number of benzene rings is 2. The Hall–Kier alpha value is -2.63. The zero-order valence-corrected chi connectivity index (χ0v) is 17.0. The van der Waals surface area contributed by atoms with E-state index in [-0.39, 0.29) is 30.0 Å². The van der Waals surface area contributed by atoms with Crippen LogP contribution in [0.2, 0.25) is 0 Å². The van der Waals surface area contributed by atoms with Crippen LogP contribution in [0.4, 0.5) is 0 Å². The molecule has 5 nitrogen and oxygen atoms in total. The van der Waals surface area contributed by atoms with Gasteiger partial charge in [0.05, 0.1) is 18.2 Å². The summed E-state index contributed by atoms with van der Waals surface area (Å²) in [6.45, 7) is 4.34. The fraction of sp³-hybridized carbons (Fsp3) is 0.375. The molecule has 29 heavy (non-hydrogen) atoms. The Balaban J connectivity index is 1.61. The van der Waals surface area contributed by atoms with Crippen LogP contribution in [0, 0.1) is 0 Å². The summed E-state index contributed by atoms with van der Waals surface area (Å²) >= 11 is 0. The molecule has 0 saturated carbocycles. The topological polar surface area (TPSA) is 85.3 Å². The van der Waals surface area contributed by atoms with E-state index in [0.29, 0.717) is 5.52 Å². The number of aliphatic hydroxyl groups excluding tert-OH is 1. The number of H-pyrrole nitrogens is 1. The first-order valence-electron chi connectivity index (χ1n) is 10.4. The van der Waals surface area contributed by atoms with Gasteiger partial charge in [-0.1, -0.05) is 32.0 Å². The first-order valence-corrected chi connectivity index (χ1v) is 10.4. The Kier molecular flexibility index (Phi) is 5.43. The molecular formula is C24H28N2O3. The second kappa shape index (κ2) is 8.01. The summed E-state index contributed by atoms with van der Waals surface area (Å²) in [7, 11) is 0. The predicted molar refractivity (Wildman–Crippen MR) is 116 cm³/mol. The van der Waals surface area contributed by atoms with Gasteiger partial charge in [-0.25, -0.2) is 0 Å². The van der Waals surface area contributed by atoms with Crippen molar-refractivity contribution in [2.75, 3.05) is 6.61 Å². The molecule has 1 aliphatic carbocycles. The molecule has 0 fully saturated rings. The van der Waals surface area contributed by atoms with Gasteiger partial charge >= 0.3 is 0 Å². The monoisotopic (exact) mass is 392 g/mol. The lowest BCUT2D eigenvalue weighted by atomic mass is 9.97. The average molecular weight is 392 g/mol. The van der Waals surface area contributed by atoms with Crippen LogP contribution in [0.25, 0.3) is 10.9 Å². The van der Waals surface area contributed by atoms with Crippen molar-refractivity contribution in [3.05, 3.63) is 74.6 Å². The van der Waals surface area contributed by atoms with Crippen molar-refractivity contribution in [1.29, 1.82) is 0 Å². The van der Waals surface area contributed by atoms with E-state index in [0.717, 1.165) is 36.6 Å². The maximum absolute atomic E-state index is 11.7. The first kappa shape index (κ1) is 19.7. The Morgan fingerprint density at radius 2 is 1.72 bits per heavy atom. The lowest BCUT2D eigenvalue weighted by molar-refractivity contribution is 0.234. The van der Waals surface area contributed by atoms with Crippen molar-refractivity contribution in [3.63, 3.8) is 0 Å².